The van der Waals surface area contributed by atoms with Crippen molar-refractivity contribution in [3.63, 3.8) is 0 Å². The summed E-state index contributed by atoms with van der Waals surface area (Å²) in [5.74, 6) is -0.794. The Morgan fingerprint density at radius 2 is 2.00 bits per heavy atom. The third-order valence-electron chi connectivity index (χ3n) is 2.31. The van der Waals surface area contributed by atoms with E-state index in [1.807, 2.05) is 0 Å². The highest BCUT2D eigenvalue weighted by Crippen LogP contribution is 2.34. The van der Waals surface area contributed by atoms with Gasteiger partial charge in [0.2, 0.25) is 0 Å². The smallest absolute Gasteiger partial charge is 0.416 e. The molecule has 0 unspecified atom stereocenters. The molecular weight excluding hydrogens is 318 g/mol. The lowest BCUT2D eigenvalue weighted by Crippen LogP contribution is -2.05. The van der Waals surface area contributed by atoms with Crippen molar-refractivity contribution in [2.45, 2.75) is 11.5 Å². The summed E-state index contributed by atoms with van der Waals surface area (Å²) >= 11 is 3.10. The summed E-state index contributed by atoms with van der Waals surface area (Å²) in [6.45, 7) is 0. The quantitative estimate of drug-likeness (QED) is 0.605. The van der Waals surface area contributed by atoms with Crippen molar-refractivity contribution in [3.8, 4) is 11.3 Å². The van der Waals surface area contributed by atoms with Crippen LogP contribution in [-0.2, 0) is 11.5 Å². The number of oxazole rings is 1. The van der Waals surface area contributed by atoms with Gasteiger partial charge >= 0.3 is 6.18 Å². The van der Waals surface area contributed by atoms with Gasteiger partial charge in [0, 0.05) is 5.33 Å². The van der Waals surface area contributed by atoms with Gasteiger partial charge in [0.15, 0.2) is 12.2 Å². The zero-order valence-electron chi connectivity index (χ0n) is 8.76. The summed E-state index contributed by atoms with van der Waals surface area (Å²) in [5.41, 5.74) is -0.846. The molecule has 2 nitrogen and oxygen atoms in total. The SMILES string of the molecule is Fc1ccc(C(F)(F)F)cc1-c1ocnc1CBr. The molecular formula is C11H6BrF4NO. The van der Waals surface area contributed by atoms with Gasteiger partial charge in [-0.2, -0.15) is 13.2 Å². The zero-order valence-corrected chi connectivity index (χ0v) is 10.3. The first-order chi connectivity index (χ1) is 8.43. The van der Waals surface area contributed by atoms with E-state index < -0.39 is 17.6 Å². The monoisotopic (exact) mass is 323 g/mol. The summed E-state index contributed by atoms with van der Waals surface area (Å²) in [5, 5.41) is 0.258. The molecule has 0 aliphatic heterocycles. The fraction of sp³-hybridized carbons (Fsp3) is 0.182. The lowest BCUT2D eigenvalue weighted by Gasteiger charge is -2.08. The Hall–Kier alpha value is -1.37. The molecule has 0 saturated heterocycles. The molecule has 1 heterocycles. The van der Waals surface area contributed by atoms with E-state index in [0.29, 0.717) is 17.8 Å². The summed E-state index contributed by atoms with van der Waals surface area (Å²) in [6.07, 6.45) is -3.47. The minimum Gasteiger partial charge on any atom is -0.443 e. The van der Waals surface area contributed by atoms with E-state index in [2.05, 4.69) is 20.9 Å². The Morgan fingerprint density at radius 1 is 1.28 bits per heavy atom. The van der Waals surface area contributed by atoms with Crippen molar-refractivity contribution in [3.05, 3.63) is 41.7 Å². The predicted octanol–water partition coefficient (Wildman–Crippen LogP) is 4.39. The number of nitrogens with zero attached hydrogens (tertiary/aromatic N) is 1. The Bertz CT molecular complexity index is 564. The van der Waals surface area contributed by atoms with E-state index in [0.717, 1.165) is 12.5 Å². The second-order valence-electron chi connectivity index (χ2n) is 3.45. The fourth-order valence-electron chi connectivity index (χ4n) is 1.46. The molecule has 0 radical (unpaired) electrons. The molecule has 0 aliphatic carbocycles. The Balaban J connectivity index is 2.57. The van der Waals surface area contributed by atoms with E-state index in [-0.39, 0.29) is 16.7 Å². The van der Waals surface area contributed by atoms with E-state index in [4.69, 9.17) is 4.42 Å². The number of hydrogen-bond donors (Lipinski definition) is 0. The van der Waals surface area contributed by atoms with Crippen molar-refractivity contribution < 1.29 is 22.0 Å². The Morgan fingerprint density at radius 3 is 2.61 bits per heavy atom. The molecule has 0 N–H and O–H groups in total. The van der Waals surface area contributed by atoms with Gasteiger partial charge in [-0.25, -0.2) is 9.37 Å². The maximum absolute atomic E-state index is 13.6. The van der Waals surface area contributed by atoms with Crippen LogP contribution in [0.2, 0.25) is 0 Å². The normalized spacial score (nSPS) is 11.8. The van der Waals surface area contributed by atoms with Gasteiger partial charge in [-0.15, -0.1) is 0 Å². The van der Waals surface area contributed by atoms with Crippen molar-refractivity contribution in [2.75, 3.05) is 0 Å². The first-order valence-electron chi connectivity index (χ1n) is 4.79. The van der Waals surface area contributed by atoms with Gasteiger partial charge < -0.3 is 4.42 Å². The minimum absolute atomic E-state index is 0.00419. The predicted molar refractivity (Wildman–Crippen MR) is 59.5 cm³/mol. The fourth-order valence-corrected chi connectivity index (χ4v) is 1.86. The van der Waals surface area contributed by atoms with E-state index in [1.54, 1.807) is 0 Å². The van der Waals surface area contributed by atoms with Crippen LogP contribution in [0.5, 0.6) is 0 Å². The molecule has 1 aromatic heterocycles. The molecule has 0 saturated carbocycles. The van der Waals surface area contributed by atoms with E-state index in [1.165, 1.54) is 0 Å². The highest BCUT2D eigenvalue weighted by molar-refractivity contribution is 9.08. The molecule has 18 heavy (non-hydrogen) atoms. The summed E-state index contributed by atoms with van der Waals surface area (Å²) in [4.78, 5) is 3.78. The first kappa shape index (κ1) is 13.1. The Kier molecular flexibility index (Phi) is 3.43. The van der Waals surface area contributed by atoms with Crippen LogP contribution >= 0.6 is 15.9 Å². The highest BCUT2D eigenvalue weighted by atomic mass is 79.9. The molecule has 2 rings (SSSR count). The topological polar surface area (TPSA) is 26.0 Å². The molecule has 0 spiro atoms. The molecule has 1 aromatic carbocycles. The van der Waals surface area contributed by atoms with Gasteiger partial charge in [0.25, 0.3) is 0 Å². The van der Waals surface area contributed by atoms with Crippen molar-refractivity contribution in [2.24, 2.45) is 0 Å². The molecule has 96 valence electrons. The number of hydrogen-bond acceptors (Lipinski definition) is 2. The third-order valence-corrected chi connectivity index (χ3v) is 2.84. The second kappa shape index (κ2) is 4.72. The van der Waals surface area contributed by atoms with Crippen LogP contribution in [0.4, 0.5) is 17.6 Å². The van der Waals surface area contributed by atoms with Gasteiger partial charge in [-0.3, -0.25) is 0 Å². The average Bonchev–Trinajstić information content (AvgIpc) is 2.76. The van der Waals surface area contributed by atoms with Crippen LogP contribution in [0, 0.1) is 5.82 Å². The average molecular weight is 324 g/mol. The molecule has 7 heteroatoms. The molecule has 0 aliphatic rings. The standard InChI is InChI=1S/C11H6BrF4NO/c12-4-9-10(18-5-17-9)7-3-6(11(14,15)16)1-2-8(7)13/h1-3,5H,4H2. The molecule has 0 amide bonds. The van der Waals surface area contributed by atoms with E-state index in [9.17, 15) is 17.6 Å². The number of aromatic nitrogens is 1. The lowest BCUT2D eigenvalue weighted by atomic mass is 10.1. The van der Waals surface area contributed by atoms with Crippen LogP contribution in [0.15, 0.2) is 29.0 Å². The summed E-state index contributed by atoms with van der Waals surface area (Å²) < 4.78 is 56.1. The van der Waals surface area contributed by atoms with Gasteiger partial charge in [0.05, 0.1) is 16.8 Å². The summed E-state index contributed by atoms with van der Waals surface area (Å²) in [7, 11) is 0. The maximum atomic E-state index is 13.6. The van der Waals surface area contributed by atoms with Gasteiger partial charge in [-0.05, 0) is 18.2 Å². The Labute approximate surface area is 108 Å². The minimum atomic E-state index is -4.53. The van der Waals surface area contributed by atoms with Gasteiger partial charge in [0.1, 0.15) is 5.82 Å². The maximum Gasteiger partial charge on any atom is 0.416 e. The van der Waals surface area contributed by atoms with Crippen LogP contribution in [0.3, 0.4) is 0 Å². The van der Waals surface area contributed by atoms with Crippen molar-refractivity contribution in [1.82, 2.24) is 4.98 Å². The number of rotatable bonds is 2. The number of halogens is 5. The van der Waals surface area contributed by atoms with Crippen molar-refractivity contribution >= 4 is 15.9 Å². The molecule has 0 fully saturated rings. The van der Waals surface area contributed by atoms with E-state index >= 15 is 0 Å². The highest BCUT2D eigenvalue weighted by Gasteiger charge is 2.31. The second-order valence-corrected chi connectivity index (χ2v) is 4.01. The lowest BCUT2D eigenvalue weighted by molar-refractivity contribution is -0.137. The number of alkyl halides is 4. The van der Waals surface area contributed by atoms with Crippen LogP contribution < -0.4 is 0 Å². The van der Waals surface area contributed by atoms with Crippen LogP contribution in [0.1, 0.15) is 11.3 Å². The van der Waals surface area contributed by atoms with Crippen molar-refractivity contribution in [1.29, 1.82) is 0 Å². The molecule has 2 aromatic rings. The van der Waals surface area contributed by atoms with Crippen LogP contribution in [-0.4, -0.2) is 4.98 Å². The first-order valence-corrected chi connectivity index (χ1v) is 5.91. The zero-order chi connectivity index (χ0) is 13.3. The number of benzene rings is 1. The largest absolute Gasteiger partial charge is 0.443 e. The molecule has 0 bridgehead atoms. The summed E-state index contributed by atoms with van der Waals surface area (Å²) in [6, 6.07) is 2.16. The molecule has 0 atom stereocenters. The van der Waals surface area contributed by atoms with Gasteiger partial charge in [-0.1, -0.05) is 15.9 Å². The third kappa shape index (κ3) is 2.40. The van der Waals surface area contributed by atoms with Crippen LogP contribution in [0.25, 0.3) is 11.3 Å².